The van der Waals surface area contributed by atoms with Gasteiger partial charge in [-0.05, 0) is 30.3 Å². The third-order valence-electron chi connectivity index (χ3n) is 2.83. The Morgan fingerprint density at radius 2 is 1.85 bits per heavy atom. The number of hydrogen-bond donors (Lipinski definition) is 2. The number of nitrogens with zero attached hydrogens (tertiary/aromatic N) is 1. The highest BCUT2D eigenvalue weighted by Gasteiger charge is 2.08. The molecule has 2 aromatic rings. The molecule has 1 aromatic heterocycles. The van der Waals surface area contributed by atoms with Crippen LogP contribution < -0.4 is 21.1 Å². The molecule has 2 rings (SSSR count). The molecule has 104 valence electrons. The van der Waals surface area contributed by atoms with E-state index in [1.165, 1.54) is 10.6 Å². The van der Waals surface area contributed by atoms with Crippen LogP contribution in [0.5, 0.6) is 5.75 Å². The van der Waals surface area contributed by atoms with Crippen LogP contribution in [-0.2, 0) is 7.05 Å². The fraction of sp³-hybridized carbons (Fsp3) is 0.143. The van der Waals surface area contributed by atoms with Gasteiger partial charge in [0.15, 0.2) is 0 Å². The van der Waals surface area contributed by atoms with Gasteiger partial charge in [-0.1, -0.05) is 6.07 Å². The molecule has 20 heavy (non-hydrogen) atoms. The number of nitrogens with one attached hydrogen (secondary N) is 2. The van der Waals surface area contributed by atoms with E-state index >= 15 is 0 Å². The first-order chi connectivity index (χ1) is 9.61. The van der Waals surface area contributed by atoms with Crippen LogP contribution in [0.2, 0.25) is 0 Å². The Kier molecular flexibility index (Phi) is 4.05. The number of carbonyl (C=O) groups is 1. The monoisotopic (exact) mass is 273 g/mol. The van der Waals surface area contributed by atoms with Gasteiger partial charge in [0.2, 0.25) is 0 Å². The molecule has 0 unspecified atom stereocenters. The van der Waals surface area contributed by atoms with Crippen molar-refractivity contribution in [1.82, 2.24) is 9.99 Å². The number of benzene rings is 1. The molecular weight excluding hydrogens is 258 g/mol. The van der Waals surface area contributed by atoms with E-state index in [9.17, 15) is 9.59 Å². The SMILES string of the molecule is COc1ccc(NNC(=O)c2cccc(=O)n2C)cc1. The fourth-order valence-corrected chi connectivity index (χ4v) is 1.66. The van der Waals surface area contributed by atoms with Crippen molar-refractivity contribution < 1.29 is 9.53 Å². The second kappa shape index (κ2) is 5.92. The second-order valence-electron chi connectivity index (χ2n) is 4.12. The standard InChI is InChI=1S/C14H15N3O3/c1-17-12(4-3-5-13(17)18)14(19)16-15-10-6-8-11(20-2)9-7-10/h3-9,15H,1-2H3,(H,16,19). The molecule has 6 heteroatoms. The maximum absolute atomic E-state index is 12.0. The highest BCUT2D eigenvalue weighted by molar-refractivity contribution is 5.93. The summed E-state index contributed by atoms with van der Waals surface area (Å²) < 4.78 is 6.32. The average Bonchev–Trinajstić information content (AvgIpc) is 2.48. The molecule has 0 fully saturated rings. The van der Waals surface area contributed by atoms with E-state index in [1.54, 1.807) is 50.6 Å². The number of amides is 1. The van der Waals surface area contributed by atoms with Gasteiger partial charge in [-0.25, -0.2) is 0 Å². The number of anilines is 1. The molecule has 0 aliphatic heterocycles. The normalized spacial score (nSPS) is 9.90. The van der Waals surface area contributed by atoms with E-state index in [0.717, 1.165) is 5.75 Å². The lowest BCUT2D eigenvalue weighted by Gasteiger charge is -2.11. The van der Waals surface area contributed by atoms with Gasteiger partial charge in [-0.2, -0.15) is 0 Å². The average molecular weight is 273 g/mol. The summed E-state index contributed by atoms with van der Waals surface area (Å²) in [6.45, 7) is 0. The number of pyridine rings is 1. The van der Waals surface area contributed by atoms with Crippen LogP contribution in [0, 0.1) is 0 Å². The smallest absolute Gasteiger partial charge is 0.286 e. The minimum atomic E-state index is -0.388. The lowest BCUT2D eigenvalue weighted by atomic mass is 10.3. The molecule has 6 nitrogen and oxygen atoms in total. The van der Waals surface area contributed by atoms with Crippen LogP contribution in [0.3, 0.4) is 0 Å². The lowest BCUT2D eigenvalue weighted by molar-refractivity contribution is 0.0953. The molecule has 0 aliphatic carbocycles. The zero-order chi connectivity index (χ0) is 14.5. The van der Waals surface area contributed by atoms with E-state index in [0.29, 0.717) is 5.69 Å². The van der Waals surface area contributed by atoms with Crippen molar-refractivity contribution in [2.45, 2.75) is 0 Å². The van der Waals surface area contributed by atoms with Gasteiger partial charge in [0.05, 0.1) is 12.8 Å². The minimum Gasteiger partial charge on any atom is -0.497 e. The van der Waals surface area contributed by atoms with Crippen molar-refractivity contribution >= 4 is 11.6 Å². The highest BCUT2D eigenvalue weighted by Crippen LogP contribution is 2.14. The van der Waals surface area contributed by atoms with Gasteiger partial charge in [0.25, 0.3) is 11.5 Å². The van der Waals surface area contributed by atoms with Crippen molar-refractivity contribution in [3.05, 3.63) is 58.5 Å². The van der Waals surface area contributed by atoms with Crippen LogP contribution >= 0.6 is 0 Å². The first kappa shape index (κ1) is 13.7. The summed E-state index contributed by atoms with van der Waals surface area (Å²) in [5.74, 6) is 0.341. The molecular formula is C14H15N3O3. The summed E-state index contributed by atoms with van der Waals surface area (Å²) >= 11 is 0. The van der Waals surface area contributed by atoms with Gasteiger partial charge in [0.1, 0.15) is 11.4 Å². The van der Waals surface area contributed by atoms with Crippen LogP contribution in [0.25, 0.3) is 0 Å². The van der Waals surface area contributed by atoms with Crippen LogP contribution in [-0.4, -0.2) is 17.6 Å². The third kappa shape index (κ3) is 2.97. The molecule has 0 bridgehead atoms. The fourth-order valence-electron chi connectivity index (χ4n) is 1.66. The highest BCUT2D eigenvalue weighted by atomic mass is 16.5. The molecule has 1 aromatic carbocycles. The lowest BCUT2D eigenvalue weighted by Crippen LogP contribution is -2.33. The zero-order valence-corrected chi connectivity index (χ0v) is 11.2. The summed E-state index contributed by atoms with van der Waals surface area (Å²) in [5, 5.41) is 0. The van der Waals surface area contributed by atoms with Crippen molar-refractivity contribution in [1.29, 1.82) is 0 Å². The number of aromatic nitrogens is 1. The summed E-state index contributed by atoms with van der Waals surface area (Å²) in [7, 11) is 3.13. The molecule has 0 saturated heterocycles. The van der Waals surface area contributed by atoms with E-state index in [-0.39, 0.29) is 17.2 Å². The number of hydrogen-bond acceptors (Lipinski definition) is 4. The Balaban J connectivity index is 2.04. The van der Waals surface area contributed by atoms with Crippen molar-refractivity contribution in [2.24, 2.45) is 7.05 Å². The molecule has 0 saturated carbocycles. The first-order valence-corrected chi connectivity index (χ1v) is 5.98. The second-order valence-corrected chi connectivity index (χ2v) is 4.12. The molecule has 1 heterocycles. The molecule has 0 aliphatic rings. The van der Waals surface area contributed by atoms with Gasteiger partial charge >= 0.3 is 0 Å². The Hall–Kier alpha value is -2.76. The largest absolute Gasteiger partial charge is 0.497 e. The number of carbonyl (C=O) groups excluding carboxylic acids is 1. The molecule has 0 atom stereocenters. The number of hydrazine groups is 1. The Labute approximate surface area is 116 Å². The van der Waals surface area contributed by atoms with E-state index in [4.69, 9.17) is 4.74 Å². The summed E-state index contributed by atoms with van der Waals surface area (Å²) in [5.41, 5.74) is 6.05. The Bertz CT molecular complexity index is 662. The Morgan fingerprint density at radius 3 is 2.50 bits per heavy atom. The van der Waals surface area contributed by atoms with E-state index in [2.05, 4.69) is 10.9 Å². The first-order valence-electron chi connectivity index (χ1n) is 5.98. The number of ether oxygens (including phenoxy) is 1. The van der Waals surface area contributed by atoms with Crippen LogP contribution in [0.1, 0.15) is 10.5 Å². The topological polar surface area (TPSA) is 72.4 Å². The van der Waals surface area contributed by atoms with Gasteiger partial charge in [0, 0.05) is 13.1 Å². The quantitative estimate of drug-likeness (QED) is 0.820. The minimum absolute atomic E-state index is 0.234. The maximum Gasteiger partial charge on any atom is 0.286 e. The van der Waals surface area contributed by atoms with Crippen molar-refractivity contribution in [3.8, 4) is 5.75 Å². The summed E-state index contributed by atoms with van der Waals surface area (Å²) in [6.07, 6.45) is 0. The summed E-state index contributed by atoms with van der Waals surface area (Å²) in [4.78, 5) is 23.4. The summed E-state index contributed by atoms with van der Waals surface area (Å²) in [6, 6.07) is 11.6. The van der Waals surface area contributed by atoms with Crippen LogP contribution in [0.4, 0.5) is 5.69 Å². The zero-order valence-electron chi connectivity index (χ0n) is 11.2. The molecule has 2 N–H and O–H groups in total. The number of methoxy groups -OCH3 is 1. The van der Waals surface area contributed by atoms with E-state index < -0.39 is 0 Å². The van der Waals surface area contributed by atoms with Crippen molar-refractivity contribution in [3.63, 3.8) is 0 Å². The Morgan fingerprint density at radius 1 is 1.15 bits per heavy atom. The van der Waals surface area contributed by atoms with Gasteiger partial charge in [-0.3, -0.25) is 20.4 Å². The van der Waals surface area contributed by atoms with Gasteiger partial charge < -0.3 is 9.30 Å². The van der Waals surface area contributed by atoms with E-state index in [1.807, 2.05) is 0 Å². The molecule has 1 amide bonds. The van der Waals surface area contributed by atoms with Gasteiger partial charge in [-0.15, -0.1) is 0 Å². The maximum atomic E-state index is 12.0. The number of rotatable bonds is 4. The third-order valence-corrected chi connectivity index (χ3v) is 2.83. The van der Waals surface area contributed by atoms with Crippen LogP contribution in [0.15, 0.2) is 47.3 Å². The molecule has 0 radical (unpaired) electrons. The predicted molar refractivity (Wildman–Crippen MR) is 75.8 cm³/mol. The van der Waals surface area contributed by atoms with Crippen molar-refractivity contribution in [2.75, 3.05) is 12.5 Å². The molecule has 0 spiro atoms. The predicted octanol–water partition coefficient (Wildman–Crippen LogP) is 1.15.